The largest absolute Gasteiger partial charge is 0.289 e. The second kappa shape index (κ2) is 4.62. The zero-order valence-electron chi connectivity index (χ0n) is 7.58. The first kappa shape index (κ1) is 9.74. The maximum atomic E-state index is 10.7. The van der Waals surface area contributed by atoms with Gasteiger partial charge in [-0.25, -0.2) is 5.48 Å². The lowest BCUT2D eigenvalue weighted by Gasteiger charge is -2.03. The van der Waals surface area contributed by atoms with Crippen molar-refractivity contribution < 1.29 is 10.0 Å². The lowest BCUT2D eigenvalue weighted by Crippen LogP contribution is -2.18. The summed E-state index contributed by atoms with van der Waals surface area (Å²) in [4.78, 5) is 10.7. The topological polar surface area (TPSA) is 49.3 Å². The Bertz CT molecular complexity index is 297. The van der Waals surface area contributed by atoms with Gasteiger partial charge in [-0.05, 0) is 24.5 Å². The molecule has 13 heavy (non-hydrogen) atoms. The highest BCUT2D eigenvalue weighted by Crippen LogP contribution is 2.08. The second-order valence-corrected chi connectivity index (χ2v) is 2.96. The Kier molecular flexibility index (Phi) is 3.46. The molecule has 70 valence electrons. The number of rotatable bonds is 3. The van der Waals surface area contributed by atoms with Crippen molar-refractivity contribution in [3.8, 4) is 0 Å². The molecule has 3 nitrogen and oxygen atoms in total. The van der Waals surface area contributed by atoms with Crippen LogP contribution in [0.4, 0.5) is 0 Å². The monoisotopic (exact) mass is 179 g/mol. The fourth-order valence-electron chi connectivity index (χ4n) is 1.19. The Morgan fingerprint density at radius 3 is 2.77 bits per heavy atom. The molecule has 0 aliphatic carbocycles. The van der Waals surface area contributed by atoms with E-state index in [-0.39, 0.29) is 5.91 Å². The smallest absolute Gasteiger partial charge is 0.243 e. The fraction of sp³-hybridized carbons (Fsp3) is 0.300. The third-order valence-electron chi connectivity index (χ3n) is 2.01. The van der Waals surface area contributed by atoms with E-state index in [4.69, 9.17) is 5.21 Å². The van der Waals surface area contributed by atoms with Gasteiger partial charge in [0.25, 0.3) is 0 Å². The van der Waals surface area contributed by atoms with Crippen molar-refractivity contribution in [3.05, 3.63) is 35.4 Å². The molecule has 3 heteroatoms. The minimum absolute atomic E-state index is 0.321. The number of hydrogen-bond acceptors (Lipinski definition) is 2. The van der Waals surface area contributed by atoms with Gasteiger partial charge in [-0.3, -0.25) is 10.0 Å². The normalized spacial score (nSPS) is 9.69. The zero-order valence-corrected chi connectivity index (χ0v) is 7.58. The zero-order chi connectivity index (χ0) is 9.68. The summed E-state index contributed by atoms with van der Waals surface area (Å²) in [5.41, 5.74) is 3.93. The van der Waals surface area contributed by atoms with Crippen LogP contribution in [0.5, 0.6) is 0 Å². The van der Waals surface area contributed by atoms with Crippen LogP contribution in [0, 0.1) is 6.92 Å². The SMILES string of the molecule is Cc1ccccc1CCC(=O)NO. The molecule has 1 aromatic rings. The van der Waals surface area contributed by atoms with Gasteiger partial charge >= 0.3 is 0 Å². The molecular formula is C10H13NO2. The van der Waals surface area contributed by atoms with Crippen LogP contribution < -0.4 is 5.48 Å². The van der Waals surface area contributed by atoms with E-state index in [9.17, 15) is 4.79 Å². The number of nitrogens with one attached hydrogen (secondary N) is 1. The van der Waals surface area contributed by atoms with Gasteiger partial charge in [-0.15, -0.1) is 0 Å². The van der Waals surface area contributed by atoms with Crippen molar-refractivity contribution in [3.63, 3.8) is 0 Å². The van der Waals surface area contributed by atoms with Gasteiger partial charge in [0.1, 0.15) is 0 Å². The maximum Gasteiger partial charge on any atom is 0.243 e. The second-order valence-electron chi connectivity index (χ2n) is 2.96. The third-order valence-corrected chi connectivity index (χ3v) is 2.01. The molecule has 0 unspecified atom stereocenters. The molecule has 1 amide bonds. The van der Waals surface area contributed by atoms with Crippen LogP contribution in [0.2, 0.25) is 0 Å². The Morgan fingerprint density at radius 1 is 1.46 bits per heavy atom. The molecule has 0 fully saturated rings. The molecule has 0 spiro atoms. The van der Waals surface area contributed by atoms with Gasteiger partial charge in [0.2, 0.25) is 5.91 Å². The van der Waals surface area contributed by atoms with Gasteiger partial charge in [-0.2, -0.15) is 0 Å². The van der Waals surface area contributed by atoms with Crippen LogP contribution in [0.1, 0.15) is 17.5 Å². The first-order valence-electron chi connectivity index (χ1n) is 4.21. The number of hydroxylamine groups is 1. The summed E-state index contributed by atoms with van der Waals surface area (Å²) in [5, 5.41) is 8.28. The van der Waals surface area contributed by atoms with Crippen LogP contribution in [0.15, 0.2) is 24.3 Å². The van der Waals surface area contributed by atoms with Crippen LogP contribution in [-0.4, -0.2) is 11.1 Å². The molecule has 1 aromatic carbocycles. The molecular weight excluding hydrogens is 166 g/mol. The average Bonchev–Trinajstić information content (AvgIpc) is 2.16. The van der Waals surface area contributed by atoms with Crippen molar-refractivity contribution in [1.29, 1.82) is 0 Å². The Balaban J connectivity index is 2.54. The standard InChI is InChI=1S/C10H13NO2/c1-8-4-2-3-5-9(8)6-7-10(12)11-13/h2-5,13H,6-7H2,1H3,(H,11,12). The Hall–Kier alpha value is -1.35. The molecule has 0 saturated heterocycles. The number of aryl methyl sites for hydroxylation is 2. The van der Waals surface area contributed by atoms with Crippen LogP contribution >= 0.6 is 0 Å². The number of carbonyl (C=O) groups is 1. The Labute approximate surface area is 77.4 Å². The fourth-order valence-corrected chi connectivity index (χ4v) is 1.19. The number of benzene rings is 1. The molecule has 0 radical (unpaired) electrons. The van der Waals surface area contributed by atoms with Gasteiger partial charge in [0.15, 0.2) is 0 Å². The maximum absolute atomic E-state index is 10.7. The summed E-state index contributed by atoms with van der Waals surface area (Å²) in [6, 6.07) is 7.90. The van der Waals surface area contributed by atoms with Gasteiger partial charge < -0.3 is 0 Å². The number of hydrogen-bond donors (Lipinski definition) is 2. The lowest BCUT2D eigenvalue weighted by molar-refractivity contribution is -0.129. The molecule has 0 bridgehead atoms. The molecule has 0 aliphatic rings. The summed E-state index contributed by atoms with van der Waals surface area (Å²) in [5.74, 6) is -0.344. The minimum atomic E-state index is -0.344. The first-order valence-corrected chi connectivity index (χ1v) is 4.21. The van der Waals surface area contributed by atoms with Crippen molar-refractivity contribution in [1.82, 2.24) is 5.48 Å². The Morgan fingerprint density at radius 2 is 2.15 bits per heavy atom. The minimum Gasteiger partial charge on any atom is -0.289 e. The first-order chi connectivity index (χ1) is 6.24. The van der Waals surface area contributed by atoms with Crippen LogP contribution in [0.25, 0.3) is 0 Å². The third kappa shape index (κ3) is 2.87. The van der Waals surface area contributed by atoms with Gasteiger partial charge in [0, 0.05) is 6.42 Å². The van der Waals surface area contributed by atoms with Gasteiger partial charge in [-0.1, -0.05) is 24.3 Å². The predicted molar refractivity (Wildman–Crippen MR) is 49.4 cm³/mol. The van der Waals surface area contributed by atoms with Crippen molar-refractivity contribution in [2.45, 2.75) is 19.8 Å². The van der Waals surface area contributed by atoms with E-state index in [2.05, 4.69) is 0 Å². The van der Waals surface area contributed by atoms with Gasteiger partial charge in [0.05, 0.1) is 0 Å². The van der Waals surface area contributed by atoms with E-state index in [0.717, 1.165) is 5.56 Å². The van der Waals surface area contributed by atoms with E-state index in [1.165, 1.54) is 5.56 Å². The average molecular weight is 179 g/mol. The van der Waals surface area contributed by atoms with E-state index in [1.54, 1.807) is 5.48 Å². The van der Waals surface area contributed by atoms with Crippen molar-refractivity contribution in [2.75, 3.05) is 0 Å². The lowest BCUT2D eigenvalue weighted by atomic mass is 10.0. The highest BCUT2D eigenvalue weighted by Gasteiger charge is 2.01. The summed E-state index contributed by atoms with van der Waals surface area (Å²) < 4.78 is 0. The van der Waals surface area contributed by atoms with Crippen LogP contribution in [-0.2, 0) is 11.2 Å². The highest BCUT2D eigenvalue weighted by atomic mass is 16.5. The molecule has 1 rings (SSSR count). The number of carbonyl (C=O) groups excluding carboxylic acids is 1. The van der Waals surface area contributed by atoms with E-state index < -0.39 is 0 Å². The quantitative estimate of drug-likeness (QED) is 0.544. The molecule has 0 saturated carbocycles. The van der Waals surface area contributed by atoms with E-state index in [0.29, 0.717) is 12.8 Å². The summed E-state index contributed by atoms with van der Waals surface area (Å²) in [6.45, 7) is 2.01. The van der Waals surface area contributed by atoms with Crippen molar-refractivity contribution >= 4 is 5.91 Å². The summed E-state index contributed by atoms with van der Waals surface area (Å²) in [6.07, 6.45) is 0.987. The number of amides is 1. The van der Waals surface area contributed by atoms with Crippen LogP contribution in [0.3, 0.4) is 0 Å². The predicted octanol–water partition coefficient (Wildman–Crippen LogP) is 1.43. The summed E-state index contributed by atoms with van der Waals surface area (Å²) >= 11 is 0. The molecule has 0 heterocycles. The van der Waals surface area contributed by atoms with E-state index in [1.807, 2.05) is 31.2 Å². The molecule has 0 aliphatic heterocycles. The molecule has 0 atom stereocenters. The van der Waals surface area contributed by atoms with E-state index >= 15 is 0 Å². The van der Waals surface area contributed by atoms with Crippen molar-refractivity contribution in [2.24, 2.45) is 0 Å². The molecule has 0 aromatic heterocycles. The highest BCUT2D eigenvalue weighted by molar-refractivity contribution is 5.74. The summed E-state index contributed by atoms with van der Waals surface area (Å²) in [7, 11) is 0. The molecule has 2 N–H and O–H groups in total.